The van der Waals surface area contributed by atoms with E-state index in [0.29, 0.717) is 6.42 Å². The van der Waals surface area contributed by atoms with Gasteiger partial charge in [-0.15, -0.1) is 0 Å². The molecule has 2 aliphatic heterocycles. The molecule has 0 saturated carbocycles. The van der Waals surface area contributed by atoms with Crippen molar-refractivity contribution in [2.75, 3.05) is 6.54 Å². The van der Waals surface area contributed by atoms with Gasteiger partial charge in [-0.3, -0.25) is 14.5 Å². The second-order valence-corrected chi connectivity index (χ2v) is 7.38. The Kier molecular flexibility index (Phi) is 5.03. The number of benzene rings is 1. The van der Waals surface area contributed by atoms with Crippen LogP contribution in [0.2, 0.25) is 0 Å². The maximum Gasteiger partial charge on any atom is 0.325 e. The molecular formula is C20H27N3O3. The van der Waals surface area contributed by atoms with E-state index in [0.717, 1.165) is 29.7 Å². The fraction of sp³-hybridized carbons (Fsp3) is 0.550. The van der Waals surface area contributed by atoms with Crippen LogP contribution in [0.5, 0.6) is 0 Å². The van der Waals surface area contributed by atoms with Gasteiger partial charge in [0.1, 0.15) is 12.1 Å². The number of urea groups is 1. The molecule has 3 rings (SSSR count). The molecule has 1 aromatic rings. The van der Waals surface area contributed by atoms with Gasteiger partial charge < -0.3 is 10.2 Å². The van der Waals surface area contributed by atoms with Crippen molar-refractivity contribution in [3.8, 4) is 0 Å². The minimum absolute atomic E-state index is 0.136. The summed E-state index contributed by atoms with van der Waals surface area (Å²) in [5, 5.41) is 2.83. The molecule has 140 valence electrons. The normalized spacial score (nSPS) is 29.0. The lowest BCUT2D eigenvalue weighted by Gasteiger charge is -2.39. The van der Waals surface area contributed by atoms with Gasteiger partial charge in [-0.1, -0.05) is 37.3 Å². The molecular weight excluding hydrogens is 330 g/mol. The number of carbonyl (C=O) groups excluding carboxylic acids is 3. The number of hydrogen-bond acceptors (Lipinski definition) is 3. The molecule has 1 aromatic carbocycles. The Balaban J connectivity index is 1.82. The van der Waals surface area contributed by atoms with E-state index in [1.165, 1.54) is 0 Å². The molecule has 0 spiro atoms. The Morgan fingerprint density at radius 1 is 1.15 bits per heavy atom. The number of carbonyl (C=O) groups is 3. The van der Waals surface area contributed by atoms with Crippen molar-refractivity contribution in [3.05, 3.63) is 35.9 Å². The summed E-state index contributed by atoms with van der Waals surface area (Å²) < 4.78 is 0. The number of amides is 4. The Morgan fingerprint density at radius 3 is 2.35 bits per heavy atom. The number of piperidine rings is 1. The molecule has 2 fully saturated rings. The van der Waals surface area contributed by atoms with Gasteiger partial charge in [-0.2, -0.15) is 0 Å². The summed E-state index contributed by atoms with van der Waals surface area (Å²) in [6.45, 7) is 5.72. The summed E-state index contributed by atoms with van der Waals surface area (Å²) in [6.07, 6.45) is 3.45. The van der Waals surface area contributed by atoms with Gasteiger partial charge in [0.15, 0.2) is 0 Å². The largest absolute Gasteiger partial charge is 0.336 e. The van der Waals surface area contributed by atoms with Gasteiger partial charge in [0, 0.05) is 12.1 Å². The van der Waals surface area contributed by atoms with Crippen LogP contribution in [0.25, 0.3) is 0 Å². The van der Waals surface area contributed by atoms with Crippen molar-refractivity contribution >= 4 is 17.8 Å². The fourth-order valence-corrected chi connectivity index (χ4v) is 4.26. The van der Waals surface area contributed by atoms with Gasteiger partial charge in [0.05, 0.1) is 0 Å². The summed E-state index contributed by atoms with van der Waals surface area (Å²) in [5.41, 5.74) is -0.340. The molecule has 4 amide bonds. The van der Waals surface area contributed by atoms with Gasteiger partial charge in [0.25, 0.3) is 5.91 Å². The average molecular weight is 357 g/mol. The van der Waals surface area contributed by atoms with Crippen LogP contribution in [-0.4, -0.2) is 46.3 Å². The highest BCUT2D eigenvalue weighted by molar-refractivity contribution is 6.09. The van der Waals surface area contributed by atoms with Crippen molar-refractivity contribution in [2.24, 2.45) is 0 Å². The maximum absolute atomic E-state index is 13.1. The average Bonchev–Trinajstić information content (AvgIpc) is 2.87. The topological polar surface area (TPSA) is 69.7 Å². The zero-order valence-electron chi connectivity index (χ0n) is 15.7. The van der Waals surface area contributed by atoms with Crippen LogP contribution in [0.4, 0.5) is 4.79 Å². The Morgan fingerprint density at radius 2 is 1.77 bits per heavy atom. The maximum atomic E-state index is 13.1. The molecule has 1 N–H and O–H groups in total. The number of likely N-dealkylation sites (tertiary alicyclic amines) is 1. The standard InChI is InChI=1S/C20H27N3O3/c1-4-20(16-11-6-5-7-12-16)18(25)22(19(26)21-20)13-17(24)23-14(2)9-8-10-15(23)3/h5-7,11-12,14-15H,4,8-10,13H2,1-3H3,(H,21,26)/t14-,15+,20-/m1/s1. The number of nitrogens with zero attached hydrogens (tertiary/aromatic N) is 2. The third-order valence-corrected chi connectivity index (χ3v) is 5.75. The van der Waals surface area contributed by atoms with Crippen LogP contribution in [-0.2, 0) is 15.1 Å². The predicted octanol–water partition coefficient (Wildman–Crippen LogP) is 2.63. The predicted molar refractivity (Wildman–Crippen MR) is 98.3 cm³/mol. The molecule has 0 aromatic heterocycles. The van der Waals surface area contributed by atoms with E-state index in [1.54, 1.807) is 0 Å². The number of rotatable bonds is 4. The van der Waals surface area contributed by atoms with Crippen LogP contribution in [0.15, 0.2) is 30.3 Å². The first-order chi connectivity index (χ1) is 12.4. The minimum Gasteiger partial charge on any atom is -0.336 e. The lowest BCUT2D eigenvalue weighted by Crippen LogP contribution is -2.52. The molecule has 2 aliphatic rings. The highest BCUT2D eigenvalue weighted by Gasteiger charge is 2.52. The zero-order valence-corrected chi connectivity index (χ0v) is 15.7. The van der Waals surface area contributed by atoms with E-state index in [9.17, 15) is 14.4 Å². The second kappa shape index (κ2) is 7.09. The first-order valence-electron chi connectivity index (χ1n) is 9.41. The van der Waals surface area contributed by atoms with Crippen LogP contribution in [0.1, 0.15) is 52.0 Å². The molecule has 26 heavy (non-hydrogen) atoms. The second-order valence-electron chi connectivity index (χ2n) is 7.38. The molecule has 6 heteroatoms. The van der Waals surface area contributed by atoms with Crippen molar-refractivity contribution in [1.29, 1.82) is 0 Å². The van der Waals surface area contributed by atoms with E-state index in [2.05, 4.69) is 5.32 Å². The van der Waals surface area contributed by atoms with Gasteiger partial charge in [0.2, 0.25) is 5.91 Å². The van der Waals surface area contributed by atoms with E-state index >= 15 is 0 Å². The Labute approximate surface area is 154 Å². The third kappa shape index (κ3) is 2.97. The summed E-state index contributed by atoms with van der Waals surface area (Å²) in [6, 6.07) is 9.01. The third-order valence-electron chi connectivity index (χ3n) is 5.75. The van der Waals surface area contributed by atoms with Crippen LogP contribution in [0, 0.1) is 0 Å². The van der Waals surface area contributed by atoms with E-state index in [1.807, 2.05) is 56.0 Å². The SMILES string of the molecule is CC[C@]1(c2ccccc2)NC(=O)N(CC(=O)N2[C@H](C)CCC[C@@H]2C)C1=O. The Bertz CT molecular complexity index is 696. The molecule has 0 aliphatic carbocycles. The first-order valence-corrected chi connectivity index (χ1v) is 9.41. The summed E-state index contributed by atoms with van der Waals surface area (Å²) in [7, 11) is 0. The van der Waals surface area contributed by atoms with Crippen molar-refractivity contribution in [1.82, 2.24) is 15.1 Å². The number of hydrogen-bond donors (Lipinski definition) is 1. The summed E-state index contributed by atoms with van der Waals surface area (Å²) in [5.74, 6) is -0.505. The first kappa shape index (κ1) is 18.4. The van der Waals surface area contributed by atoms with E-state index in [4.69, 9.17) is 0 Å². The monoisotopic (exact) mass is 357 g/mol. The molecule has 2 heterocycles. The van der Waals surface area contributed by atoms with Crippen LogP contribution < -0.4 is 5.32 Å². The minimum atomic E-state index is -1.09. The fourth-order valence-electron chi connectivity index (χ4n) is 4.26. The highest BCUT2D eigenvalue weighted by Crippen LogP contribution is 2.32. The van der Waals surface area contributed by atoms with Crippen LogP contribution in [0.3, 0.4) is 0 Å². The molecule has 3 atom stereocenters. The quantitative estimate of drug-likeness (QED) is 0.842. The van der Waals surface area contributed by atoms with Gasteiger partial charge >= 0.3 is 6.03 Å². The van der Waals surface area contributed by atoms with E-state index < -0.39 is 11.6 Å². The zero-order chi connectivity index (χ0) is 18.9. The Hall–Kier alpha value is -2.37. The summed E-state index contributed by atoms with van der Waals surface area (Å²) in [4.78, 5) is 41.4. The van der Waals surface area contributed by atoms with Gasteiger partial charge in [-0.05, 0) is 45.1 Å². The van der Waals surface area contributed by atoms with Crippen molar-refractivity contribution < 1.29 is 14.4 Å². The molecule has 0 unspecified atom stereocenters. The molecule has 2 saturated heterocycles. The molecule has 0 bridgehead atoms. The van der Waals surface area contributed by atoms with E-state index in [-0.39, 0.29) is 30.4 Å². The number of imide groups is 1. The summed E-state index contributed by atoms with van der Waals surface area (Å²) >= 11 is 0. The van der Waals surface area contributed by atoms with Gasteiger partial charge in [-0.25, -0.2) is 4.79 Å². The lowest BCUT2D eigenvalue weighted by molar-refractivity contribution is -0.143. The van der Waals surface area contributed by atoms with Crippen molar-refractivity contribution in [2.45, 2.75) is 64.1 Å². The number of nitrogens with one attached hydrogen (secondary N) is 1. The lowest BCUT2D eigenvalue weighted by atomic mass is 9.87. The molecule has 6 nitrogen and oxygen atoms in total. The van der Waals surface area contributed by atoms with Crippen molar-refractivity contribution in [3.63, 3.8) is 0 Å². The smallest absolute Gasteiger partial charge is 0.325 e. The highest BCUT2D eigenvalue weighted by atomic mass is 16.2. The van der Waals surface area contributed by atoms with Crippen LogP contribution >= 0.6 is 0 Å². The molecule has 0 radical (unpaired) electrons.